The lowest BCUT2D eigenvalue weighted by atomic mass is 9.97. The number of benzene rings is 3. The lowest BCUT2D eigenvalue weighted by Gasteiger charge is -2.25. The summed E-state index contributed by atoms with van der Waals surface area (Å²) in [4.78, 5) is 26.2. The molecule has 0 aliphatic rings. The third-order valence-corrected chi connectivity index (χ3v) is 7.64. The molecule has 3 aromatic carbocycles. The first-order valence-electron chi connectivity index (χ1n) is 13.2. The van der Waals surface area contributed by atoms with E-state index in [9.17, 15) is 22.4 Å². The maximum absolute atomic E-state index is 13.7. The van der Waals surface area contributed by atoms with Crippen molar-refractivity contribution in [1.82, 2.24) is 10.6 Å². The molecular formula is C31H34FN3O6S. The minimum atomic E-state index is -3.81. The summed E-state index contributed by atoms with van der Waals surface area (Å²) in [7, 11) is -0.854. The molecule has 1 heterocycles. The van der Waals surface area contributed by atoms with Crippen molar-refractivity contribution >= 4 is 38.5 Å². The van der Waals surface area contributed by atoms with E-state index >= 15 is 0 Å². The molecule has 0 spiro atoms. The second-order valence-corrected chi connectivity index (χ2v) is 12.8. The number of furan rings is 1. The number of halogens is 1. The van der Waals surface area contributed by atoms with Crippen molar-refractivity contribution in [1.29, 1.82) is 0 Å². The number of anilines is 1. The van der Waals surface area contributed by atoms with Gasteiger partial charge in [0, 0.05) is 47.8 Å². The highest BCUT2D eigenvalue weighted by Gasteiger charge is 2.27. The lowest BCUT2D eigenvalue weighted by Crippen LogP contribution is -2.40. The zero-order chi connectivity index (χ0) is 30.8. The van der Waals surface area contributed by atoms with Crippen LogP contribution in [0.2, 0.25) is 0 Å². The largest absolute Gasteiger partial charge is 0.455 e. The summed E-state index contributed by atoms with van der Waals surface area (Å²) < 4.78 is 52.3. The number of carbonyl (C=O) groups excluding carboxylic acids is 2. The monoisotopic (exact) mass is 595 g/mol. The summed E-state index contributed by atoms with van der Waals surface area (Å²) in [6, 6.07) is 15.6. The molecule has 42 heavy (non-hydrogen) atoms. The summed E-state index contributed by atoms with van der Waals surface area (Å²) in [6.45, 7) is 5.74. The van der Waals surface area contributed by atoms with E-state index in [1.54, 1.807) is 36.4 Å². The summed E-state index contributed by atoms with van der Waals surface area (Å²) in [5, 5.41) is 5.97. The minimum absolute atomic E-state index is 0.00583. The van der Waals surface area contributed by atoms with Crippen LogP contribution in [0.15, 0.2) is 65.1 Å². The first-order valence-corrected chi connectivity index (χ1v) is 15.1. The Kier molecular flexibility index (Phi) is 8.74. The zero-order valence-corrected chi connectivity index (χ0v) is 25.2. The first-order chi connectivity index (χ1) is 19.7. The maximum atomic E-state index is 13.7. The average Bonchev–Trinajstić information content (AvgIpc) is 3.29. The highest BCUT2D eigenvalue weighted by atomic mass is 32.2. The van der Waals surface area contributed by atoms with E-state index < -0.39 is 27.3 Å². The second-order valence-electron chi connectivity index (χ2n) is 10.9. The summed E-state index contributed by atoms with van der Waals surface area (Å²) >= 11 is 0. The summed E-state index contributed by atoms with van der Waals surface area (Å²) in [6.07, 6.45) is 1.09. The Bertz CT molecular complexity index is 1740. The molecule has 0 bridgehead atoms. The van der Waals surface area contributed by atoms with Crippen LogP contribution in [-0.2, 0) is 14.8 Å². The fraction of sp³-hybridized carbons (Fsp3) is 0.290. The van der Waals surface area contributed by atoms with Crippen molar-refractivity contribution in [2.45, 2.75) is 26.3 Å². The van der Waals surface area contributed by atoms with Gasteiger partial charge in [0.1, 0.15) is 17.2 Å². The van der Waals surface area contributed by atoms with Crippen LogP contribution in [0.1, 0.15) is 41.5 Å². The Labute approximate surface area is 244 Å². The van der Waals surface area contributed by atoms with Crippen molar-refractivity contribution in [2.24, 2.45) is 0 Å². The highest BCUT2D eigenvalue weighted by molar-refractivity contribution is 7.92. The second kappa shape index (κ2) is 11.9. The number of nitrogens with one attached hydrogen (secondary N) is 2. The fourth-order valence-electron chi connectivity index (χ4n) is 4.60. The normalized spacial score (nSPS) is 11.9. The number of methoxy groups -OCH3 is 1. The van der Waals surface area contributed by atoms with E-state index in [0.29, 0.717) is 27.6 Å². The molecule has 0 saturated heterocycles. The molecule has 4 rings (SSSR count). The lowest BCUT2D eigenvalue weighted by molar-refractivity contribution is 0.0918. The average molecular weight is 596 g/mol. The smallest absolute Gasteiger partial charge is 0.255 e. The summed E-state index contributed by atoms with van der Waals surface area (Å²) in [5.74, 6) is -0.976. The molecule has 0 aliphatic heterocycles. The van der Waals surface area contributed by atoms with Crippen LogP contribution in [0.4, 0.5) is 10.1 Å². The molecule has 4 aromatic rings. The van der Waals surface area contributed by atoms with Gasteiger partial charge in [0.15, 0.2) is 0 Å². The van der Waals surface area contributed by atoms with Gasteiger partial charge in [-0.2, -0.15) is 0 Å². The highest BCUT2D eigenvalue weighted by Crippen LogP contribution is 2.41. The van der Waals surface area contributed by atoms with Gasteiger partial charge in [-0.3, -0.25) is 13.9 Å². The van der Waals surface area contributed by atoms with Crippen LogP contribution in [0.3, 0.4) is 0 Å². The Hall–Kier alpha value is -4.22. The van der Waals surface area contributed by atoms with Crippen LogP contribution >= 0.6 is 0 Å². The molecule has 0 atom stereocenters. The van der Waals surface area contributed by atoms with Crippen LogP contribution < -0.4 is 14.9 Å². The van der Waals surface area contributed by atoms with E-state index in [1.807, 2.05) is 20.8 Å². The number of amides is 2. The van der Waals surface area contributed by atoms with Gasteiger partial charge < -0.3 is 19.8 Å². The van der Waals surface area contributed by atoms with E-state index in [1.165, 1.54) is 42.7 Å². The van der Waals surface area contributed by atoms with E-state index in [2.05, 4.69) is 10.6 Å². The van der Waals surface area contributed by atoms with Crippen molar-refractivity contribution in [2.75, 3.05) is 37.9 Å². The topological polar surface area (TPSA) is 118 Å². The Balaban J connectivity index is 2.04. The standard InChI is InChI=1S/C31H34FN3O6S/c1-31(2,3)34-29(36)21-9-7-8-20(16-21)23-17-24-26(18-25(23)35(14-15-40-5)42(6,38)39)41-28(27(24)30(37)33-4)19-10-12-22(32)13-11-19/h7-13,16-18H,14-15H2,1-6H3,(H,33,37)(H,34,36). The van der Waals surface area contributed by atoms with E-state index in [4.69, 9.17) is 9.15 Å². The molecule has 0 fully saturated rings. The van der Waals surface area contributed by atoms with Gasteiger partial charge in [0.05, 0.1) is 30.7 Å². The molecule has 0 aliphatic carbocycles. The minimum Gasteiger partial charge on any atom is -0.455 e. The molecule has 2 N–H and O–H groups in total. The Morgan fingerprint density at radius 1 is 1.00 bits per heavy atom. The zero-order valence-electron chi connectivity index (χ0n) is 24.4. The molecule has 0 saturated carbocycles. The fourth-order valence-corrected chi connectivity index (χ4v) is 5.52. The molecule has 11 heteroatoms. The van der Waals surface area contributed by atoms with Crippen LogP contribution in [0, 0.1) is 5.82 Å². The van der Waals surface area contributed by atoms with Gasteiger partial charge in [-0.25, -0.2) is 12.8 Å². The van der Waals surface area contributed by atoms with E-state index in [-0.39, 0.29) is 41.7 Å². The van der Waals surface area contributed by atoms with Crippen molar-refractivity contribution in [3.8, 4) is 22.5 Å². The molecule has 2 amide bonds. The third kappa shape index (κ3) is 6.63. The number of nitrogens with zero attached hydrogens (tertiary/aromatic N) is 1. The van der Waals surface area contributed by atoms with Crippen molar-refractivity contribution < 1.29 is 31.6 Å². The molecule has 0 unspecified atom stereocenters. The van der Waals surface area contributed by atoms with E-state index in [0.717, 1.165) is 6.26 Å². The Morgan fingerprint density at radius 2 is 1.69 bits per heavy atom. The molecular weight excluding hydrogens is 561 g/mol. The predicted molar refractivity (Wildman–Crippen MR) is 162 cm³/mol. The van der Waals surface area contributed by atoms with Gasteiger partial charge in [0.25, 0.3) is 11.8 Å². The quantitative estimate of drug-likeness (QED) is 0.275. The van der Waals surface area contributed by atoms with Crippen molar-refractivity contribution in [3.63, 3.8) is 0 Å². The van der Waals surface area contributed by atoms with Gasteiger partial charge in [-0.05, 0) is 68.8 Å². The molecule has 9 nitrogen and oxygen atoms in total. The number of fused-ring (bicyclic) bond motifs is 1. The number of sulfonamides is 1. The predicted octanol–water partition coefficient (Wildman–Crippen LogP) is 5.21. The van der Waals surface area contributed by atoms with Crippen molar-refractivity contribution in [3.05, 3.63) is 77.6 Å². The molecule has 0 radical (unpaired) electrons. The van der Waals surface area contributed by atoms with Gasteiger partial charge in [0.2, 0.25) is 10.0 Å². The number of rotatable bonds is 9. The number of hydrogen-bond donors (Lipinski definition) is 2. The third-order valence-electron chi connectivity index (χ3n) is 6.46. The SMILES string of the molecule is CNC(=O)c1c(-c2ccc(F)cc2)oc2cc(N(CCOC)S(C)(=O)=O)c(-c3cccc(C(=O)NC(C)(C)C)c3)cc12. The van der Waals surface area contributed by atoms with Crippen LogP contribution in [0.25, 0.3) is 33.4 Å². The summed E-state index contributed by atoms with van der Waals surface area (Å²) in [5.41, 5.74) is 2.10. The molecule has 222 valence electrons. The number of carbonyl (C=O) groups is 2. The molecule has 1 aromatic heterocycles. The Morgan fingerprint density at radius 3 is 2.29 bits per heavy atom. The van der Waals surface area contributed by atoms with Gasteiger partial charge in [-0.1, -0.05) is 12.1 Å². The van der Waals surface area contributed by atoms with Gasteiger partial charge >= 0.3 is 0 Å². The van der Waals surface area contributed by atoms with Gasteiger partial charge in [-0.15, -0.1) is 0 Å². The van der Waals surface area contributed by atoms with Crippen LogP contribution in [-0.4, -0.2) is 59.3 Å². The number of ether oxygens (including phenoxy) is 1. The maximum Gasteiger partial charge on any atom is 0.255 e. The number of hydrogen-bond acceptors (Lipinski definition) is 6. The van der Waals surface area contributed by atoms with Crippen LogP contribution in [0.5, 0.6) is 0 Å². The first kappa shape index (κ1) is 30.7.